The Labute approximate surface area is 490 Å². The second-order valence-electron chi connectivity index (χ2n) is 18.6. The van der Waals surface area contributed by atoms with Crippen molar-refractivity contribution >= 4 is 92.2 Å². The zero-order valence-electron chi connectivity index (χ0n) is 44.9. The molecule has 4 N–H and O–H groups in total. The van der Waals surface area contributed by atoms with E-state index in [4.69, 9.17) is 0 Å². The fourth-order valence-corrected chi connectivity index (χ4v) is 20.3. The summed E-state index contributed by atoms with van der Waals surface area (Å²) in [6.07, 6.45) is 0. The van der Waals surface area contributed by atoms with Gasteiger partial charge in [0.2, 0.25) is 0 Å². The van der Waals surface area contributed by atoms with Crippen LogP contribution >= 0.6 is 28.6 Å². The molecule has 4 nitrogen and oxygen atoms in total. The summed E-state index contributed by atoms with van der Waals surface area (Å²) < 4.78 is 46.1. The van der Waals surface area contributed by atoms with Crippen LogP contribution in [0.5, 0.6) is 0 Å². The van der Waals surface area contributed by atoms with Gasteiger partial charge in [-0.25, -0.2) is 0 Å². The van der Waals surface area contributed by atoms with Crippen LogP contribution in [0.15, 0.2) is 364 Å². The maximum Gasteiger partial charge on any atom is 2.00 e. The van der Waals surface area contributed by atoms with Gasteiger partial charge in [-0.2, -0.15) is 0 Å². The molecule has 392 valence electrons. The van der Waals surface area contributed by atoms with Crippen LogP contribution in [0.1, 0.15) is 0 Å². The second kappa shape index (κ2) is 29.1. The van der Waals surface area contributed by atoms with Gasteiger partial charge in [-0.3, -0.25) is 0 Å². The summed E-state index contributed by atoms with van der Waals surface area (Å²) in [6, 6.07) is 119. The Kier molecular flexibility index (Phi) is 21.3. The fourth-order valence-electron chi connectivity index (χ4n) is 9.51. The van der Waals surface area contributed by atoms with Gasteiger partial charge in [0.25, 0.3) is 0 Å². The first kappa shape index (κ1) is 59.3. The maximum absolute atomic E-state index is 11.5. The third-order valence-corrected chi connectivity index (χ3v) is 26.1. The molecule has 0 aliphatic rings. The zero-order valence-corrected chi connectivity index (χ0v) is 51.5. The molecule has 0 saturated carbocycles. The van der Waals surface area contributed by atoms with Gasteiger partial charge in [-0.05, 0) is 146 Å². The first-order valence-electron chi connectivity index (χ1n) is 26.4. The Bertz CT molecular complexity index is 3010. The molecule has 0 atom stereocenters. The van der Waals surface area contributed by atoms with Crippen molar-refractivity contribution in [3.63, 3.8) is 0 Å². The number of benzene rings is 12. The van der Waals surface area contributed by atoms with E-state index in [1.54, 1.807) is 0 Å². The van der Waals surface area contributed by atoms with Crippen LogP contribution in [0, 0.1) is 0 Å². The normalized spacial score (nSPS) is 11.1. The molecule has 0 aliphatic heterocycles. The maximum atomic E-state index is 11.5. The van der Waals surface area contributed by atoms with Gasteiger partial charge in [0.1, 0.15) is 0 Å². The van der Waals surface area contributed by atoms with E-state index in [1.807, 2.05) is 364 Å². The predicted molar refractivity (Wildman–Crippen MR) is 348 cm³/mol. The second-order valence-corrected chi connectivity index (χ2v) is 29.8. The number of hydrogen-bond donors (Lipinski definition) is 0. The van der Waals surface area contributed by atoms with Gasteiger partial charge in [-0.1, -0.05) is 218 Å². The van der Waals surface area contributed by atoms with E-state index in [0.29, 0.717) is 0 Å². The van der Waals surface area contributed by atoms with E-state index in [9.17, 15) is 18.3 Å². The fraction of sp³-hybridized carbons (Fsp3) is 0. The summed E-state index contributed by atoms with van der Waals surface area (Å²) in [5.41, 5.74) is 0. The van der Waals surface area contributed by atoms with Gasteiger partial charge in [-0.15, -0.1) is 0 Å². The standard InChI is InChI=1S/4C18H15OP.Zn/c4*19-20(16-10-4-1-5-11-16,17-12-6-2-7-13-17)18-14-8-3-9-15-18;/h4*1-15H;/q;;;;+2/p+4. The molecule has 0 aromatic heterocycles. The smallest absolute Gasteiger partial charge is 0.307 e. The van der Waals surface area contributed by atoms with Crippen LogP contribution in [0.4, 0.5) is 0 Å². The quantitative estimate of drug-likeness (QED) is 0.0663. The van der Waals surface area contributed by atoms with Gasteiger partial charge >= 0.3 is 48.0 Å². The molecular formula is C72H64O4P4Zn+6. The number of rotatable bonds is 12. The van der Waals surface area contributed by atoms with Crippen LogP contribution in [0.25, 0.3) is 0 Å². The third-order valence-electron chi connectivity index (χ3n) is 13.6. The molecule has 0 heterocycles. The van der Waals surface area contributed by atoms with Crippen LogP contribution < -0.4 is 63.7 Å². The van der Waals surface area contributed by atoms with Crippen LogP contribution in [0.2, 0.25) is 0 Å². The molecule has 0 radical (unpaired) electrons. The third kappa shape index (κ3) is 13.9. The molecule has 12 rings (SSSR count). The molecule has 81 heavy (non-hydrogen) atoms. The molecular weight excluding hydrogens is 1120 g/mol. The van der Waals surface area contributed by atoms with E-state index in [1.165, 1.54) is 0 Å². The van der Waals surface area contributed by atoms with Gasteiger partial charge in [0.05, 0.1) is 63.7 Å². The Hall–Kier alpha value is -7.82. The predicted octanol–water partition coefficient (Wildman–Crippen LogP) is 13.1. The molecule has 0 amide bonds. The Morgan fingerprint density at radius 3 is 0.247 bits per heavy atom. The van der Waals surface area contributed by atoms with Crippen molar-refractivity contribution in [1.82, 2.24) is 0 Å². The van der Waals surface area contributed by atoms with E-state index in [2.05, 4.69) is 0 Å². The minimum Gasteiger partial charge on any atom is -0.307 e. The Morgan fingerprint density at radius 1 is 0.123 bits per heavy atom. The zero-order chi connectivity index (χ0) is 55.4. The van der Waals surface area contributed by atoms with Crippen molar-refractivity contribution in [2.24, 2.45) is 0 Å². The van der Waals surface area contributed by atoms with E-state index >= 15 is 0 Å². The largest absolute Gasteiger partial charge is 2.00 e. The molecule has 9 heteroatoms. The van der Waals surface area contributed by atoms with Crippen molar-refractivity contribution in [2.45, 2.75) is 0 Å². The Balaban J connectivity index is 0.000000141. The summed E-state index contributed by atoms with van der Waals surface area (Å²) in [7, 11) is -10.1. The van der Waals surface area contributed by atoms with Crippen molar-refractivity contribution < 1.29 is 37.7 Å². The van der Waals surface area contributed by atoms with Crippen molar-refractivity contribution in [1.29, 1.82) is 0 Å². The van der Waals surface area contributed by atoms with E-state index < -0.39 is 28.6 Å². The minimum atomic E-state index is -2.53. The first-order chi connectivity index (χ1) is 39.3. The molecule has 0 saturated heterocycles. The summed E-state index contributed by atoms with van der Waals surface area (Å²) in [5.74, 6) is 0. The summed E-state index contributed by atoms with van der Waals surface area (Å²) in [4.78, 5) is 0. The van der Waals surface area contributed by atoms with Crippen LogP contribution in [0.3, 0.4) is 0 Å². The van der Waals surface area contributed by atoms with Gasteiger partial charge < -0.3 is 18.3 Å². The van der Waals surface area contributed by atoms with Gasteiger partial charge in [0, 0.05) is 0 Å². The van der Waals surface area contributed by atoms with Crippen LogP contribution in [-0.4, -0.2) is 18.3 Å². The first-order valence-corrected chi connectivity index (χ1v) is 33.4. The van der Waals surface area contributed by atoms with Crippen molar-refractivity contribution in [3.05, 3.63) is 364 Å². The van der Waals surface area contributed by atoms with E-state index in [-0.39, 0.29) is 19.5 Å². The summed E-state index contributed by atoms with van der Waals surface area (Å²) in [6.45, 7) is 0. The monoisotopic (exact) mass is 1180 g/mol. The Morgan fingerprint density at radius 2 is 0.185 bits per heavy atom. The molecule has 0 fully saturated rings. The van der Waals surface area contributed by atoms with Crippen LogP contribution in [-0.2, 0) is 19.5 Å². The molecule has 0 bridgehead atoms. The van der Waals surface area contributed by atoms with Crippen molar-refractivity contribution in [3.8, 4) is 0 Å². The summed E-state index contributed by atoms with van der Waals surface area (Å²) in [5, 5.41) is 11.8. The number of hydrogen-bond acceptors (Lipinski definition) is 0. The SMILES string of the molecule is [OH+]=P(c1ccccc1)(c1ccccc1)c1ccccc1.[OH+]=P(c1ccccc1)(c1ccccc1)c1ccccc1.[OH+]=P(c1ccccc1)(c1ccccc1)c1ccccc1.[OH+]=P(c1ccccc1)(c1ccccc1)c1ccccc1.[Zn+2]. The van der Waals surface area contributed by atoms with E-state index in [0.717, 1.165) is 63.7 Å². The topological polar surface area (TPSA) is 85.6 Å². The van der Waals surface area contributed by atoms with Gasteiger partial charge in [0.15, 0.2) is 0 Å². The van der Waals surface area contributed by atoms with Crippen molar-refractivity contribution in [2.75, 3.05) is 0 Å². The molecule has 12 aromatic rings. The molecule has 0 aliphatic carbocycles. The minimum absolute atomic E-state index is 0. The summed E-state index contributed by atoms with van der Waals surface area (Å²) >= 11 is 0. The molecule has 0 unspecified atom stereocenters. The average molecular weight is 1180 g/mol. The average Bonchev–Trinajstić information content (AvgIpc) is 3.63. The molecule has 0 spiro atoms. The molecule has 12 aromatic carbocycles.